The van der Waals surface area contributed by atoms with E-state index in [4.69, 9.17) is 4.74 Å². The fourth-order valence-corrected chi connectivity index (χ4v) is 4.88. The first-order valence-electron chi connectivity index (χ1n) is 10.2. The molecule has 0 bridgehead atoms. The molecule has 0 aromatic heterocycles. The molecule has 6 nitrogen and oxygen atoms in total. The highest BCUT2D eigenvalue weighted by atomic mass is 79.9. The number of thioether (sulfide) groups is 1. The van der Waals surface area contributed by atoms with Crippen LogP contribution in [0.1, 0.15) is 11.1 Å². The Balaban J connectivity index is 1.40. The summed E-state index contributed by atoms with van der Waals surface area (Å²) in [6, 6.07) is 22.3. The Bertz CT molecular complexity index is 1280. The highest BCUT2D eigenvalue weighted by Crippen LogP contribution is 2.34. The lowest BCUT2D eigenvalue weighted by molar-refractivity contribution is -0.127. The smallest absolute Gasteiger partial charge is 0.294 e. The number of halogens is 2. The summed E-state index contributed by atoms with van der Waals surface area (Å²) in [6.07, 6.45) is 1.63. The number of benzene rings is 3. The zero-order valence-electron chi connectivity index (χ0n) is 17.7. The van der Waals surface area contributed by atoms with Gasteiger partial charge < -0.3 is 10.1 Å². The minimum absolute atomic E-state index is 0.253. The minimum atomic E-state index is -0.502. The van der Waals surface area contributed by atoms with Crippen LogP contribution in [0.25, 0.3) is 6.08 Å². The van der Waals surface area contributed by atoms with Gasteiger partial charge in [0.2, 0.25) is 5.91 Å². The number of carbonyl (C=O) groups excluding carboxylic acids is 3. The van der Waals surface area contributed by atoms with E-state index in [1.54, 1.807) is 36.4 Å². The van der Waals surface area contributed by atoms with Crippen LogP contribution in [-0.4, -0.2) is 28.5 Å². The van der Waals surface area contributed by atoms with Gasteiger partial charge in [0.1, 0.15) is 18.9 Å². The lowest BCUT2D eigenvalue weighted by atomic mass is 10.2. The molecule has 0 unspecified atom stereocenters. The topological polar surface area (TPSA) is 75.7 Å². The predicted octanol–water partition coefficient (Wildman–Crippen LogP) is 6.47. The summed E-state index contributed by atoms with van der Waals surface area (Å²) in [5.41, 5.74) is 2.34. The van der Waals surface area contributed by atoms with E-state index < -0.39 is 17.1 Å². The van der Waals surface area contributed by atoms with Gasteiger partial charge in [0.25, 0.3) is 11.1 Å². The van der Waals surface area contributed by atoms with E-state index in [0.29, 0.717) is 22.5 Å². The van der Waals surface area contributed by atoms with E-state index in [1.165, 1.54) is 0 Å². The average Bonchev–Trinajstić information content (AvgIpc) is 3.08. The van der Waals surface area contributed by atoms with Crippen molar-refractivity contribution in [2.75, 3.05) is 11.9 Å². The number of rotatable bonds is 7. The van der Waals surface area contributed by atoms with Gasteiger partial charge >= 0.3 is 0 Å². The van der Waals surface area contributed by atoms with Gasteiger partial charge in [0.15, 0.2) is 0 Å². The van der Waals surface area contributed by atoms with Crippen LogP contribution in [0.2, 0.25) is 0 Å². The molecule has 0 atom stereocenters. The van der Waals surface area contributed by atoms with Gasteiger partial charge in [0, 0.05) is 4.47 Å². The number of imide groups is 1. The van der Waals surface area contributed by atoms with Crippen LogP contribution in [-0.2, 0) is 16.2 Å². The number of carbonyl (C=O) groups is 3. The average molecular weight is 602 g/mol. The molecule has 1 fully saturated rings. The molecule has 0 radical (unpaired) electrons. The van der Waals surface area contributed by atoms with Crippen molar-refractivity contribution < 1.29 is 19.1 Å². The number of para-hydroxylation sites is 1. The third-order valence-electron chi connectivity index (χ3n) is 4.81. The van der Waals surface area contributed by atoms with Crippen molar-refractivity contribution in [3.05, 3.63) is 97.8 Å². The highest BCUT2D eigenvalue weighted by Gasteiger charge is 2.36. The molecule has 3 amide bonds. The second-order valence-electron chi connectivity index (χ2n) is 7.26. The number of nitrogens with zero attached hydrogens (tertiary/aromatic N) is 1. The summed E-state index contributed by atoms with van der Waals surface area (Å²) in [6.45, 7) is 0.0680. The fourth-order valence-electron chi connectivity index (χ4n) is 3.14. The summed E-state index contributed by atoms with van der Waals surface area (Å²) in [5.74, 6) is -0.297. The molecule has 172 valence electrons. The molecule has 0 spiro atoms. The van der Waals surface area contributed by atoms with Gasteiger partial charge in [-0.3, -0.25) is 19.3 Å². The van der Waals surface area contributed by atoms with Gasteiger partial charge in [-0.15, -0.1) is 0 Å². The fraction of sp³-hybridized carbons (Fsp3) is 0.0800. The first-order chi connectivity index (χ1) is 16.4. The van der Waals surface area contributed by atoms with Crippen molar-refractivity contribution in [2.45, 2.75) is 6.61 Å². The SMILES string of the molecule is O=C(CN1C(=O)S/C(=C/c2ccc(OCc3ccccc3)c(Br)c2)C1=O)Nc1ccccc1Br. The summed E-state index contributed by atoms with van der Waals surface area (Å²) < 4.78 is 7.29. The van der Waals surface area contributed by atoms with E-state index in [2.05, 4.69) is 37.2 Å². The van der Waals surface area contributed by atoms with Gasteiger partial charge in [0.05, 0.1) is 15.1 Å². The number of ether oxygens (including phenoxy) is 1. The first-order valence-corrected chi connectivity index (χ1v) is 12.6. The lowest BCUT2D eigenvalue weighted by Crippen LogP contribution is -2.36. The molecule has 1 aliphatic rings. The van der Waals surface area contributed by atoms with E-state index in [9.17, 15) is 14.4 Å². The normalized spacial score (nSPS) is 14.5. The lowest BCUT2D eigenvalue weighted by Gasteiger charge is -2.13. The molecule has 3 aromatic carbocycles. The van der Waals surface area contributed by atoms with Gasteiger partial charge in [-0.2, -0.15) is 0 Å². The summed E-state index contributed by atoms with van der Waals surface area (Å²) in [5, 5.41) is 2.21. The van der Waals surface area contributed by atoms with Crippen LogP contribution in [0.15, 0.2) is 86.6 Å². The van der Waals surface area contributed by atoms with E-state index in [0.717, 1.165) is 32.3 Å². The van der Waals surface area contributed by atoms with Crippen molar-refractivity contribution >= 4 is 72.4 Å². The predicted molar refractivity (Wildman–Crippen MR) is 140 cm³/mol. The monoisotopic (exact) mass is 600 g/mol. The van der Waals surface area contributed by atoms with Crippen LogP contribution in [0.5, 0.6) is 5.75 Å². The molecular weight excluding hydrogens is 584 g/mol. The Hall–Kier alpha value is -2.88. The molecule has 9 heteroatoms. The number of amides is 3. The molecule has 3 aromatic rings. The zero-order chi connectivity index (χ0) is 24.1. The van der Waals surface area contributed by atoms with Gasteiger partial charge in [-0.1, -0.05) is 48.5 Å². The van der Waals surface area contributed by atoms with Crippen molar-refractivity contribution in [3.8, 4) is 5.75 Å². The molecule has 34 heavy (non-hydrogen) atoms. The Labute approximate surface area is 217 Å². The second-order valence-corrected chi connectivity index (χ2v) is 9.96. The highest BCUT2D eigenvalue weighted by molar-refractivity contribution is 9.11. The second kappa shape index (κ2) is 11.0. The van der Waals surface area contributed by atoms with E-state index in [1.807, 2.05) is 42.5 Å². The van der Waals surface area contributed by atoms with Crippen molar-refractivity contribution in [3.63, 3.8) is 0 Å². The maximum absolute atomic E-state index is 12.8. The molecule has 4 rings (SSSR count). The molecule has 1 saturated heterocycles. The van der Waals surface area contributed by atoms with Crippen molar-refractivity contribution in [1.82, 2.24) is 4.90 Å². The van der Waals surface area contributed by atoms with E-state index >= 15 is 0 Å². The van der Waals surface area contributed by atoms with Crippen LogP contribution in [0, 0.1) is 0 Å². The van der Waals surface area contributed by atoms with Crippen LogP contribution in [0.3, 0.4) is 0 Å². The molecule has 1 aliphatic heterocycles. The molecule has 0 saturated carbocycles. The van der Waals surface area contributed by atoms with Crippen molar-refractivity contribution in [2.24, 2.45) is 0 Å². The van der Waals surface area contributed by atoms with Gasteiger partial charge in [-0.25, -0.2) is 0 Å². The third kappa shape index (κ3) is 5.97. The molecule has 1 heterocycles. The zero-order valence-corrected chi connectivity index (χ0v) is 21.7. The van der Waals surface area contributed by atoms with E-state index in [-0.39, 0.29) is 11.4 Å². The maximum Gasteiger partial charge on any atom is 0.294 e. The summed E-state index contributed by atoms with van der Waals surface area (Å²) in [7, 11) is 0. The number of anilines is 1. The van der Waals surface area contributed by atoms with Crippen LogP contribution in [0.4, 0.5) is 10.5 Å². The Kier molecular flexibility index (Phi) is 7.87. The summed E-state index contributed by atoms with van der Waals surface area (Å²) >= 11 is 7.66. The standard InChI is InChI=1S/C25H18Br2N2O4S/c26-18-8-4-5-9-20(18)28-23(30)14-29-24(31)22(34-25(29)32)13-17-10-11-21(19(27)12-17)33-15-16-6-2-1-3-7-16/h1-13H,14-15H2,(H,28,30)/b22-13+. The molecule has 1 N–H and O–H groups in total. The molecular formula is C25H18Br2N2O4S. The Morgan fingerprint density at radius 3 is 2.44 bits per heavy atom. The van der Waals surface area contributed by atoms with Crippen LogP contribution < -0.4 is 10.1 Å². The maximum atomic E-state index is 12.8. The number of nitrogens with one attached hydrogen (secondary N) is 1. The van der Waals surface area contributed by atoms with Crippen molar-refractivity contribution in [1.29, 1.82) is 0 Å². The largest absolute Gasteiger partial charge is 0.488 e. The first kappa shape index (κ1) is 24.3. The summed E-state index contributed by atoms with van der Waals surface area (Å²) in [4.78, 5) is 38.8. The molecule has 0 aliphatic carbocycles. The number of hydrogen-bond donors (Lipinski definition) is 1. The Morgan fingerprint density at radius 1 is 0.971 bits per heavy atom. The van der Waals surface area contributed by atoms with Gasteiger partial charge in [-0.05, 0) is 85.1 Å². The van der Waals surface area contributed by atoms with Crippen LogP contribution >= 0.6 is 43.6 Å². The third-order valence-corrected chi connectivity index (χ3v) is 7.03. The Morgan fingerprint density at radius 2 is 1.71 bits per heavy atom. The minimum Gasteiger partial charge on any atom is -0.488 e. The number of hydrogen-bond acceptors (Lipinski definition) is 5. The quantitative estimate of drug-likeness (QED) is 0.314.